The maximum absolute atomic E-state index is 11.2. The molecule has 130 valence electrons. The van der Waals surface area contributed by atoms with Crippen LogP contribution in [0.4, 0.5) is 0 Å². The van der Waals surface area contributed by atoms with E-state index in [1.54, 1.807) is 0 Å². The van der Waals surface area contributed by atoms with Gasteiger partial charge in [-0.25, -0.2) is 4.79 Å². The second-order valence-electron chi connectivity index (χ2n) is 5.85. The molecule has 0 aliphatic rings. The molecule has 4 nitrogen and oxygen atoms in total. The normalized spacial score (nSPS) is 10.5. The molecule has 0 saturated carbocycles. The van der Waals surface area contributed by atoms with Gasteiger partial charge in [-0.3, -0.25) is 4.79 Å². The first-order chi connectivity index (χ1) is 10.7. The number of amides is 1. The van der Waals surface area contributed by atoms with Gasteiger partial charge in [-0.15, -0.1) is 0 Å². The summed E-state index contributed by atoms with van der Waals surface area (Å²) in [6, 6.07) is 0. The molecule has 0 aromatic rings. The number of hydrogen-bond donors (Lipinski definition) is 2. The van der Waals surface area contributed by atoms with Gasteiger partial charge < -0.3 is 10.4 Å². The van der Waals surface area contributed by atoms with E-state index in [0.717, 1.165) is 25.0 Å². The zero-order valence-electron chi connectivity index (χ0n) is 14.1. The number of hydrogen-bond acceptors (Lipinski definition) is 2. The van der Waals surface area contributed by atoms with Crippen LogP contribution in [-0.4, -0.2) is 53.1 Å². The molecule has 1 amide bonds. The van der Waals surface area contributed by atoms with E-state index in [4.69, 9.17) is 5.11 Å². The van der Waals surface area contributed by atoms with Crippen LogP contribution in [0.5, 0.6) is 0 Å². The van der Waals surface area contributed by atoms with Crippen molar-refractivity contribution in [1.82, 2.24) is 5.32 Å². The van der Waals surface area contributed by atoms with Crippen LogP contribution in [0.1, 0.15) is 84.0 Å². The van der Waals surface area contributed by atoms with Gasteiger partial charge in [-0.2, -0.15) is 0 Å². The molecule has 0 fully saturated rings. The molecule has 0 unspecified atom stereocenters. The van der Waals surface area contributed by atoms with Crippen molar-refractivity contribution in [3.63, 3.8) is 0 Å². The first kappa shape index (κ1) is 24.9. The molecule has 0 radical (unpaired) electrons. The van der Waals surface area contributed by atoms with E-state index in [1.165, 1.54) is 64.2 Å². The molecule has 5 heteroatoms. The zero-order chi connectivity index (χ0) is 16.5. The molecule has 0 aliphatic carbocycles. The van der Waals surface area contributed by atoms with E-state index < -0.39 is 5.97 Å². The van der Waals surface area contributed by atoms with Crippen LogP contribution >= 0.6 is 0 Å². The monoisotopic (exact) mass is 335 g/mol. The van der Waals surface area contributed by atoms with Gasteiger partial charge in [0.25, 0.3) is 0 Å². The number of carbonyl (C=O) groups excluding carboxylic acids is 1. The van der Waals surface area contributed by atoms with Gasteiger partial charge in [0.2, 0.25) is 5.91 Å². The first-order valence-electron chi connectivity index (χ1n) is 8.85. The Hall–Kier alpha value is -0.320. The number of nitrogens with one attached hydrogen (secondary N) is 1. The van der Waals surface area contributed by atoms with Gasteiger partial charge in [0.1, 0.15) is 0 Å². The SMILES string of the molecule is CCCCCCCCCCCCCCNC(=O)/C=C\C(=O)O.[NaH]. The molecule has 0 bridgehead atoms. The number of carboxylic acids is 1. The van der Waals surface area contributed by atoms with Gasteiger partial charge in [-0.05, 0) is 6.42 Å². The molecular formula is C18H34NNaO3. The molecule has 0 atom stereocenters. The fraction of sp³-hybridized carbons (Fsp3) is 0.778. The number of aliphatic carboxylic acids is 1. The summed E-state index contributed by atoms with van der Waals surface area (Å²) in [5.41, 5.74) is 0. The molecule has 0 rings (SSSR count). The summed E-state index contributed by atoms with van der Waals surface area (Å²) in [5.74, 6) is -1.43. The molecule has 0 aromatic heterocycles. The van der Waals surface area contributed by atoms with Gasteiger partial charge in [0.05, 0.1) is 0 Å². The number of rotatable bonds is 15. The number of unbranched alkanes of at least 4 members (excludes halogenated alkanes) is 11. The summed E-state index contributed by atoms with van der Waals surface area (Å²) in [6.07, 6.45) is 17.4. The van der Waals surface area contributed by atoms with Crippen molar-refractivity contribution in [3.05, 3.63) is 12.2 Å². The second-order valence-corrected chi connectivity index (χ2v) is 5.85. The van der Waals surface area contributed by atoms with Crippen LogP contribution in [0.3, 0.4) is 0 Å². The van der Waals surface area contributed by atoms with Crippen molar-refractivity contribution in [1.29, 1.82) is 0 Å². The standard InChI is InChI=1S/C18H33NO3.Na.H/c1-2-3-4-5-6-7-8-9-10-11-12-13-16-19-17(20)14-15-18(21)22;;/h14-15H,2-13,16H2,1H3,(H,19,20)(H,21,22);;/b15-14-;;. The third-order valence-corrected chi connectivity index (χ3v) is 3.71. The van der Waals surface area contributed by atoms with Crippen molar-refractivity contribution in [2.75, 3.05) is 6.54 Å². The number of carbonyl (C=O) groups is 2. The quantitative estimate of drug-likeness (QED) is 0.272. The van der Waals surface area contributed by atoms with Crippen LogP contribution in [0, 0.1) is 0 Å². The molecule has 0 aliphatic heterocycles. The Morgan fingerprint density at radius 3 is 1.65 bits per heavy atom. The van der Waals surface area contributed by atoms with E-state index >= 15 is 0 Å². The van der Waals surface area contributed by atoms with E-state index in [9.17, 15) is 9.59 Å². The summed E-state index contributed by atoms with van der Waals surface area (Å²) >= 11 is 0. The summed E-state index contributed by atoms with van der Waals surface area (Å²) in [7, 11) is 0. The van der Waals surface area contributed by atoms with Crippen molar-refractivity contribution in [2.24, 2.45) is 0 Å². The molecule has 23 heavy (non-hydrogen) atoms. The van der Waals surface area contributed by atoms with Crippen molar-refractivity contribution >= 4 is 41.4 Å². The Labute approximate surface area is 163 Å². The molecular weight excluding hydrogens is 301 g/mol. The van der Waals surface area contributed by atoms with Gasteiger partial charge in [0, 0.05) is 18.7 Å². The molecule has 0 heterocycles. The predicted octanol–water partition coefficient (Wildman–Crippen LogP) is 3.80. The Kier molecular flexibility index (Phi) is 21.4. The van der Waals surface area contributed by atoms with Gasteiger partial charge in [-0.1, -0.05) is 77.6 Å². The van der Waals surface area contributed by atoms with Crippen molar-refractivity contribution in [2.45, 2.75) is 84.0 Å². The van der Waals surface area contributed by atoms with E-state index in [1.807, 2.05) is 0 Å². The molecule has 0 spiro atoms. The minimum atomic E-state index is -1.10. The maximum atomic E-state index is 11.2. The van der Waals surface area contributed by atoms with Gasteiger partial charge >= 0.3 is 35.5 Å². The average Bonchev–Trinajstić information content (AvgIpc) is 2.49. The summed E-state index contributed by atoms with van der Waals surface area (Å²) in [6.45, 7) is 2.87. The Balaban J connectivity index is 0. The Morgan fingerprint density at radius 1 is 0.783 bits per heavy atom. The Morgan fingerprint density at radius 2 is 1.22 bits per heavy atom. The first-order valence-corrected chi connectivity index (χ1v) is 8.85. The van der Waals surface area contributed by atoms with Crippen LogP contribution in [-0.2, 0) is 9.59 Å². The van der Waals surface area contributed by atoms with Crippen molar-refractivity contribution < 1.29 is 14.7 Å². The van der Waals surface area contributed by atoms with Gasteiger partial charge in [0.15, 0.2) is 0 Å². The molecule has 2 N–H and O–H groups in total. The fourth-order valence-corrected chi connectivity index (χ4v) is 2.38. The van der Waals surface area contributed by atoms with Crippen molar-refractivity contribution in [3.8, 4) is 0 Å². The van der Waals surface area contributed by atoms with Crippen LogP contribution in [0.15, 0.2) is 12.2 Å². The zero-order valence-corrected chi connectivity index (χ0v) is 14.1. The van der Waals surface area contributed by atoms with E-state index in [2.05, 4.69) is 12.2 Å². The van der Waals surface area contributed by atoms with Crippen LogP contribution in [0.25, 0.3) is 0 Å². The number of carboxylic acid groups (broad SMARTS) is 1. The average molecular weight is 335 g/mol. The molecule has 0 saturated heterocycles. The van der Waals surface area contributed by atoms with Crippen LogP contribution in [0.2, 0.25) is 0 Å². The third kappa shape index (κ3) is 21.7. The molecule has 0 aromatic carbocycles. The van der Waals surface area contributed by atoms with E-state index in [0.29, 0.717) is 6.54 Å². The summed E-state index contributed by atoms with van der Waals surface area (Å²) < 4.78 is 0. The second kappa shape index (κ2) is 19.7. The summed E-state index contributed by atoms with van der Waals surface area (Å²) in [4.78, 5) is 21.4. The minimum absolute atomic E-state index is 0. The Bertz CT molecular complexity index is 319. The summed E-state index contributed by atoms with van der Waals surface area (Å²) in [5, 5.41) is 11.1. The topological polar surface area (TPSA) is 66.4 Å². The van der Waals surface area contributed by atoms with Crippen LogP contribution < -0.4 is 5.32 Å². The van der Waals surface area contributed by atoms with E-state index in [-0.39, 0.29) is 35.5 Å². The fourth-order valence-electron chi connectivity index (χ4n) is 2.38. The third-order valence-electron chi connectivity index (χ3n) is 3.71. The predicted molar refractivity (Wildman–Crippen MR) is 98.0 cm³/mol.